The zero-order valence-corrected chi connectivity index (χ0v) is 14.4. The molecule has 0 aromatic heterocycles. The lowest BCUT2D eigenvalue weighted by atomic mass is 10.1. The normalized spacial score (nSPS) is 15.7. The second-order valence-corrected chi connectivity index (χ2v) is 6.70. The first-order valence-corrected chi connectivity index (χ1v) is 8.13. The summed E-state index contributed by atoms with van der Waals surface area (Å²) in [6.45, 7) is 9.65. The molecule has 1 aromatic carbocycles. The fraction of sp³-hybridized carbons (Fsp3) is 0.556. The number of ether oxygens (including phenoxy) is 1. The Balaban J connectivity index is 1.94. The van der Waals surface area contributed by atoms with Crippen molar-refractivity contribution in [2.75, 3.05) is 26.2 Å². The third kappa shape index (κ3) is 4.24. The molecule has 2 rings (SSSR count). The molecular weight excluding hydrogens is 292 g/mol. The van der Waals surface area contributed by atoms with Crippen molar-refractivity contribution in [3.63, 3.8) is 0 Å². The zero-order valence-electron chi connectivity index (χ0n) is 14.4. The summed E-state index contributed by atoms with van der Waals surface area (Å²) in [4.78, 5) is 28.4. The molecule has 0 N–H and O–H groups in total. The highest BCUT2D eigenvalue weighted by Gasteiger charge is 2.36. The first-order chi connectivity index (χ1) is 10.8. The monoisotopic (exact) mass is 318 g/mol. The van der Waals surface area contributed by atoms with E-state index in [9.17, 15) is 9.59 Å². The van der Waals surface area contributed by atoms with Crippen LogP contribution in [0.15, 0.2) is 30.3 Å². The quantitative estimate of drug-likeness (QED) is 0.855. The largest absolute Gasteiger partial charge is 0.478 e. The van der Waals surface area contributed by atoms with E-state index in [0.29, 0.717) is 31.9 Å². The molecule has 1 aliphatic heterocycles. The highest BCUT2D eigenvalue weighted by Crippen LogP contribution is 2.21. The van der Waals surface area contributed by atoms with Gasteiger partial charge < -0.3 is 14.5 Å². The van der Waals surface area contributed by atoms with Gasteiger partial charge in [0.05, 0.1) is 0 Å². The van der Waals surface area contributed by atoms with E-state index >= 15 is 0 Å². The molecule has 0 unspecified atom stereocenters. The average molecular weight is 318 g/mol. The summed E-state index contributed by atoms with van der Waals surface area (Å²) < 4.78 is 5.86. The lowest BCUT2D eigenvalue weighted by Crippen LogP contribution is -2.57. The Bertz CT molecular complexity index is 547. The van der Waals surface area contributed by atoms with Crippen LogP contribution in [0.3, 0.4) is 0 Å². The number of piperazine rings is 1. The number of carbonyl (C=O) groups excluding carboxylic acids is 2. The number of amides is 2. The second-order valence-electron chi connectivity index (χ2n) is 6.70. The maximum Gasteiger partial charge on any atom is 0.266 e. The molecule has 5 heteroatoms. The number of carbonyl (C=O) groups is 2. The van der Waals surface area contributed by atoms with Gasteiger partial charge in [-0.3, -0.25) is 9.59 Å². The Morgan fingerprint density at radius 3 is 2.04 bits per heavy atom. The van der Waals surface area contributed by atoms with Crippen LogP contribution in [0.25, 0.3) is 0 Å². The summed E-state index contributed by atoms with van der Waals surface area (Å²) in [5.74, 6) is 0.782. The summed E-state index contributed by atoms with van der Waals surface area (Å²) in [7, 11) is 0. The van der Waals surface area contributed by atoms with Crippen LogP contribution in [0.5, 0.6) is 5.75 Å². The fourth-order valence-electron chi connectivity index (χ4n) is 2.70. The molecule has 2 amide bonds. The lowest BCUT2D eigenvalue weighted by molar-refractivity contribution is -0.150. The van der Waals surface area contributed by atoms with Crippen LogP contribution in [0.4, 0.5) is 0 Å². The molecule has 0 atom stereocenters. The maximum absolute atomic E-state index is 12.7. The summed E-state index contributed by atoms with van der Waals surface area (Å²) in [5, 5.41) is 0. The molecule has 1 aromatic rings. The minimum Gasteiger partial charge on any atom is -0.478 e. The molecule has 23 heavy (non-hydrogen) atoms. The third-order valence-electron chi connectivity index (χ3n) is 4.00. The van der Waals surface area contributed by atoms with E-state index in [1.165, 1.54) is 0 Å². The van der Waals surface area contributed by atoms with E-state index in [1.54, 1.807) is 18.7 Å². The molecule has 0 bridgehead atoms. The first kappa shape index (κ1) is 17.3. The number of benzene rings is 1. The topological polar surface area (TPSA) is 49.9 Å². The Morgan fingerprint density at radius 1 is 1.00 bits per heavy atom. The van der Waals surface area contributed by atoms with Crippen molar-refractivity contribution in [1.82, 2.24) is 9.80 Å². The van der Waals surface area contributed by atoms with Gasteiger partial charge in [-0.25, -0.2) is 0 Å². The highest BCUT2D eigenvalue weighted by molar-refractivity contribution is 5.85. The molecule has 0 aliphatic carbocycles. The Morgan fingerprint density at radius 2 is 1.52 bits per heavy atom. The van der Waals surface area contributed by atoms with Gasteiger partial charge >= 0.3 is 0 Å². The number of nitrogens with zero attached hydrogens (tertiary/aromatic N) is 2. The Labute approximate surface area is 138 Å². The summed E-state index contributed by atoms with van der Waals surface area (Å²) in [5.41, 5.74) is -0.925. The molecule has 1 fully saturated rings. The van der Waals surface area contributed by atoms with Gasteiger partial charge in [0.2, 0.25) is 5.91 Å². The molecular formula is C18H26N2O3. The van der Waals surface area contributed by atoms with Crippen LogP contribution in [0.2, 0.25) is 0 Å². The summed E-state index contributed by atoms with van der Waals surface area (Å²) in [6.07, 6.45) is 0. The molecule has 1 heterocycles. The van der Waals surface area contributed by atoms with E-state index in [0.717, 1.165) is 0 Å². The number of hydrogen-bond acceptors (Lipinski definition) is 3. The summed E-state index contributed by atoms with van der Waals surface area (Å²) in [6, 6.07) is 9.35. The van der Waals surface area contributed by atoms with Crippen molar-refractivity contribution in [2.24, 2.45) is 5.92 Å². The van der Waals surface area contributed by atoms with E-state index in [2.05, 4.69) is 0 Å². The van der Waals surface area contributed by atoms with Gasteiger partial charge in [-0.15, -0.1) is 0 Å². The van der Waals surface area contributed by atoms with Crippen LogP contribution < -0.4 is 4.74 Å². The van der Waals surface area contributed by atoms with Crippen LogP contribution in [0, 0.1) is 5.92 Å². The van der Waals surface area contributed by atoms with Crippen molar-refractivity contribution in [1.29, 1.82) is 0 Å². The molecule has 1 aliphatic rings. The predicted octanol–water partition coefficient (Wildman–Crippen LogP) is 2.17. The van der Waals surface area contributed by atoms with Gasteiger partial charge in [-0.2, -0.15) is 0 Å². The van der Waals surface area contributed by atoms with Crippen molar-refractivity contribution in [3.8, 4) is 5.75 Å². The van der Waals surface area contributed by atoms with Crippen LogP contribution in [0.1, 0.15) is 27.7 Å². The molecule has 1 saturated heterocycles. The van der Waals surface area contributed by atoms with Crippen LogP contribution >= 0.6 is 0 Å². The van der Waals surface area contributed by atoms with Crippen LogP contribution in [-0.2, 0) is 9.59 Å². The lowest BCUT2D eigenvalue weighted by Gasteiger charge is -2.39. The zero-order chi connectivity index (χ0) is 17.0. The van der Waals surface area contributed by atoms with Gasteiger partial charge in [0.1, 0.15) is 5.75 Å². The highest BCUT2D eigenvalue weighted by atomic mass is 16.5. The minimum atomic E-state index is -0.925. The van der Waals surface area contributed by atoms with Crippen molar-refractivity contribution in [3.05, 3.63) is 30.3 Å². The smallest absolute Gasteiger partial charge is 0.266 e. The second kappa shape index (κ2) is 7.02. The van der Waals surface area contributed by atoms with Gasteiger partial charge in [0.15, 0.2) is 5.60 Å². The SMILES string of the molecule is CC(C)C(=O)N1CCN(C(=O)C(C)(C)Oc2ccccc2)CC1. The van der Waals surface area contributed by atoms with Gasteiger partial charge in [0, 0.05) is 32.1 Å². The van der Waals surface area contributed by atoms with Crippen LogP contribution in [-0.4, -0.2) is 53.4 Å². The molecule has 5 nitrogen and oxygen atoms in total. The molecule has 126 valence electrons. The number of rotatable bonds is 4. The average Bonchev–Trinajstić information content (AvgIpc) is 2.54. The summed E-state index contributed by atoms with van der Waals surface area (Å²) >= 11 is 0. The van der Waals surface area contributed by atoms with Crippen molar-refractivity contribution < 1.29 is 14.3 Å². The van der Waals surface area contributed by atoms with Gasteiger partial charge in [-0.05, 0) is 26.0 Å². The van der Waals surface area contributed by atoms with Gasteiger partial charge in [-0.1, -0.05) is 32.0 Å². The molecule has 0 radical (unpaired) electrons. The van der Waals surface area contributed by atoms with E-state index in [4.69, 9.17) is 4.74 Å². The predicted molar refractivity (Wildman–Crippen MR) is 89.1 cm³/mol. The first-order valence-electron chi connectivity index (χ1n) is 8.13. The van der Waals surface area contributed by atoms with E-state index < -0.39 is 5.60 Å². The standard InChI is InChI=1S/C18H26N2O3/c1-14(2)16(21)19-10-12-20(13-11-19)17(22)18(3,4)23-15-8-6-5-7-9-15/h5-9,14H,10-13H2,1-4H3. The van der Waals surface area contributed by atoms with Gasteiger partial charge in [0.25, 0.3) is 5.91 Å². The molecule has 0 saturated carbocycles. The van der Waals surface area contributed by atoms with Crippen molar-refractivity contribution >= 4 is 11.8 Å². The minimum absolute atomic E-state index is 0.00453. The van der Waals surface area contributed by atoms with Crippen molar-refractivity contribution in [2.45, 2.75) is 33.3 Å². The van der Waals surface area contributed by atoms with E-state index in [-0.39, 0.29) is 17.7 Å². The maximum atomic E-state index is 12.7. The third-order valence-corrected chi connectivity index (χ3v) is 4.00. The number of para-hydroxylation sites is 1. The fourth-order valence-corrected chi connectivity index (χ4v) is 2.70. The Hall–Kier alpha value is -2.04. The molecule has 0 spiro atoms. The van der Waals surface area contributed by atoms with E-state index in [1.807, 2.05) is 49.1 Å². The number of hydrogen-bond donors (Lipinski definition) is 0. The Kier molecular flexibility index (Phi) is 5.29.